The average molecular weight is 433 g/mol. The monoisotopic (exact) mass is 432 g/mol. The SMILES string of the molecule is COc1ccc(OC)c(S(=O)(=O)N[C@H](CN2CCc3ccccc3C2)C(C)(C)C)c1. The van der Waals surface area contributed by atoms with Gasteiger partial charge in [0, 0.05) is 31.7 Å². The van der Waals surface area contributed by atoms with Gasteiger partial charge in [0.2, 0.25) is 10.0 Å². The van der Waals surface area contributed by atoms with Crippen LogP contribution in [-0.2, 0) is 23.0 Å². The van der Waals surface area contributed by atoms with Gasteiger partial charge in [-0.3, -0.25) is 4.90 Å². The summed E-state index contributed by atoms with van der Waals surface area (Å²) in [4.78, 5) is 2.41. The predicted molar refractivity (Wildman–Crippen MR) is 119 cm³/mol. The van der Waals surface area contributed by atoms with E-state index in [4.69, 9.17) is 9.47 Å². The first-order valence-corrected chi connectivity index (χ1v) is 11.7. The minimum atomic E-state index is -3.81. The number of nitrogens with one attached hydrogen (secondary N) is 1. The highest BCUT2D eigenvalue weighted by atomic mass is 32.2. The molecule has 164 valence electrons. The summed E-state index contributed by atoms with van der Waals surface area (Å²) in [6.45, 7) is 8.53. The molecular formula is C23H32N2O4S. The van der Waals surface area contributed by atoms with Gasteiger partial charge in [-0.1, -0.05) is 45.0 Å². The Hall–Kier alpha value is -2.09. The van der Waals surface area contributed by atoms with Crippen LogP contribution in [0, 0.1) is 5.41 Å². The molecule has 1 heterocycles. The van der Waals surface area contributed by atoms with Gasteiger partial charge in [-0.05, 0) is 35.1 Å². The standard InChI is InChI=1S/C23H32N2O4S/c1-23(2,3)22(16-25-13-12-17-8-6-7-9-18(17)15-25)24-30(26,27)21-14-19(28-4)10-11-20(21)29-5/h6-11,14,22,24H,12-13,15-16H2,1-5H3/t22-/m1/s1. The smallest absolute Gasteiger partial charge is 0.244 e. The molecule has 1 N–H and O–H groups in total. The molecule has 0 unspecified atom stereocenters. The summed E-state index contributed by atoms with van der Waals surface area (Å²) >= 11 is 0. The van der Waals surface area contributed by atoms with Crippen LogP contribution in [0.1, 0.15) is 31.9 Å². The minimum absolute atomic E-state index is 0.0857. The lowest BCUT2D eigenvalue weighted by Crippen LogP contribution is -2.51. The van der Waals surface area contributed by atoms with E-state index in [1.54, 1.807) is 12.1 Å². The molecule has 0 saturated heterocycles. The highest BCUT2D eigenvalue weighted by Crippen LogP contribution is 2.30. The summed E-state index contributed by atoms with van der Waals surface area (Å²) in [7, 11) is -0.834. The van der Waals surface area contributed by atoms with E-state index in [0.717, 1.165) is 19.5 Å². The quantitative estimate of drug-likeness (QED) is 0.726. The van der Waals surface area contributed by atoms with E-state index in [1.165, 1.54) is 31.4 Å². The third-order valence-corrected chi connectivity index (χ3v) is 7.15. The van der Waals surface area contributed by atoms with Crippen LogP contribution in [0.25, 0.3) is 0 Å². The summed E-state index contributed by atoms with van der Waals surface area (Å²) in [6.07, 6.45) is 0.976. The van der Waals surface area contributed by atoms with E-state index in [-0.39, 0.29) is 16.4 Å². The summed E-state index contributed by atoms with van der Waals surface area (Å²) in [5, 5.41) is 0. The molecule has 0 aliphatic carbocycles. The third kappa shape index (κ3) is 5.14. The minimum Gasteiger partial charge on any atom is -0.497 e. The lowest BCUT2D eigenvalue weighted by atomic mass is 9.86. The largest absolute Gasteiger partial charge is 0.497 e. The van der Waals surface area contributed by atoms with E-state index >= 15 is 0 Å². The molecule has 3 rings (SSSR count). The maximum atomic E-state index is 13.3. The normalized spacial score (nSPS) is 16.0. The fraction of sp³-hybridized carbons (Fsp3) is 0.478. The molecule has 0 spiro atoms. The van der Waals surface area contributed by atoms with Crippen LogP contribution >= 0.6 is 0 Å². The number of hydrogen-bond acceptors (Lipinski definition) is 5. The summed E-state index contributed by atoms with van der Waals surface area (Å²) in [5.41, 5.74) is 2.42. The van der Waals surface area contributed by atoms with Crippen LogP contribution in [0.3, 0.4) is 0 Å². The van der Waals surface area contributed by atoms with E-state index in [2.05, 4.69) is 54.7 Å². The highest BCUT2D eigenvalue weighted by Gasteiger charge is 2.33. The fourth-order valence-electron chi connectivity index (χ4n) is 3.70. The molecule has 0 radical (unpaired) electrons. The van der Waals surface area contributed by atoms with Crippen LogP contribution < -0.4 is 14.2 Å². The van der Waals surface area contributed by atoms with Gasteiger partial charge in [-0.2, -0.15) is 0 Å². The Morgan fingerprint density at radius 2 is 1.77 bits per heavy atom. The van der Waals surface area contributed by atoms with Crippen LogP contribution in [0.2, 0.25) is 0 Å². The van der Waals surface area contributed by atoms with Crippen molar-refractivity contribution in [3.63, 3.8) is 0 Å². The van der Waals surface area contributed by atoms with Crippen molar-refractivity contribution in [3.8, 4) is 11.5 Å². The van der Waals surface area contributed by atoms with Gasteiger partial charge in [0.15, 0.2) is 0 Å². The van der Waals surface area contributed by atoms with Gasteiger partial charge in [0.1, 0.15) is 16.4 Å². The van der Waals surface area contributed by atoms with Crippen molar-refractivity contribution in [2.45, 2.75) is 44.7 Å². The number of hydrogen-bond donors (Lipinski definition) is 1. The zero-order chi connectivity index (χ0) is 21.9. The zero-order valence-electron chi connectivity index (χ0n) is 18.4. The number of sulfonamides is 1. The van der Waals surface area contributed by atoms with Crippen molar-refractivity contribution >= 4 is 10.0 Å². The van der Waals surface area contributed by atoms with Crippen molar-refractivity contribution < 1.29 is 17.9 Å². The Bertz CT molecular complexity index is 983. The molecule has 0 amide bonds. The lowest BCUT2D eigenvalue weighted by molar-refractivity contribution is 0.176. The number of fused-ring (bicyclic) bond motifs is 1. The molecule has 0 aromatic heterocycles. The van der Waals surface area contributed by atoms with Crippen LogP contribution in [0.5, 0.6) is 11.5 Å². The Morgan fingerprint density at radius 3 is 2.40 bits per heavy atom. The van der Waals surface area contributed by atoms with Gasteiger partial charge < -0.3 is 9.47 Å². The van der Waals surface area contributed by atoms with Crippen LogP contribution in [-0.4, -0.2) is 46.7 Å². The maximum absolute atomic E-state index is 13.3. The first kappa shape index (κ1) is 22.6. The van der Waals surface area contributed by atoms with Crippen molar-refractivity contribution in [2.24, 2.45) is 5.41 Å². The fourth-order valence-corrected chi connectivity index (χ4v) is 5.32. The molecule has 0 fully saturated rings. The second-order valence-corrected chi connectivity index (χ2v) is 10.5. The van der Waals surface area contributed by atoms with Crippen molar-refractivity contribution in [1.82, 2.24) is 9.62 Å². The van der Waals surface area contributed by atoms with E-state index in [9.17, 15) is 8.42 Å². The van der Waals surface area contributed by atoms with Gasteiger partial charge in [-0.15, -0.1) is 0 Å². The number of nitrogens with zero attached hydrogens (tertiary/aromatic N) is 1. The van der Waals surface area contributed by atoms with E-state index in [0.29, 0.717) is 18.0 Å². The molecule has 0 saturated carbocycles. The highest BCUT2D eigenvalue weighted by molar-refractivity contribution is 7.89. The molecule has 2 aromatic carbocycles. The second kappa shape index (κ2) is 8.96. The summed E-state index contributed by atoms with van der Waals surface area (Å²) in [6, 6.07) is 13.0. The molecular weight excluding hydrogens is 400 g/mol. The predicted octanol–water partition coefficient (Wildman–Crippen LogP) is 3.46. The summed E-state index contributed by atoms with van der Waals surface area (Å²) in [5.74, 6) is 0.763. The molecule has 1 aliphatic heterocycles. The van der Waals surface area contributed by atoms with Gasteiger partial charge in [0.05, 0.1) is 14.2 Å². The Kier molecular flexibility index (Phi) is 6.75. The van der Waals surface area contributed by atoms with Crippen molar-refractivity contribution in [3.05, 3.63) is 53.6 Å². The Balaban J connectivity index is 1.84. The first-order chi connectivity index (χ1) is 14.1. The third-order valence-electron chi connectivity index (χ3n) is 5.65. The number of rotatable bonds is 7. The topological polar surface area (TPSA) is 67.9 Å². The second-order valence-electron chi connectivity index (χ2n) is 8.81. The number of methoxy groups -OCH3 is 2. The Morgan fingerprint density at radius 1 is 1.07 bits per heavy atom. The maximum Gasteiger partial charge on any atom is 0.244 e. The lowest BCUT2D eigenvalue weighted by Gasteiger charge is -2.37. The molecule has 2 aromatic rings. The van der Waals surface area contributed by atoms with E-state index in [1.807, 2.05) is 0 Å². The molecule has 30 heavy (non-hydrogen) atoms. The number of benzene rings is 2. The zero-order valence-corrected chi connectivity index (χ0v) is 19.3. The molecule has 6 nitrogen and oxygen atoms in total. The van der Waals surface area contributed by atoms with Gasteiger partial charge in [0.25, 0.3) is 0 Å². The van der Waals surface area contributed by atoms with Crippen LogP contribution in [0.15, 0.2) is 47.4 Å². The van der Waals surface area contributed by atoms with Crippen LogP contribution in [0.4, 0.5) is 0 Å². The van der Waals surface area contributed by atoms with Crippen molar-refractivity contribution in [1.29, 1.82) is 0 Å². The molecule has 7 heteroatoms. The average Bonchev–Trinajstić information content (AvgIpc) is 2.72. The van der Waals surface area contributed by atoms with Gasteiger partial charge >= 0.3 is 0 Å². The van der Waals surface area contributed by atoms with E-state index < -0.39 is 10.0 Å². The molecule has 1 atom stereocenters. The molecule has 1 aliphatic rings. The molecule has 0 bridgehead atoms. The summed E-state index contributed by atoms with van der Waals surface area (Å²) < 4.78 is 40.1. The Labute approximate surface area is 180 Å². The van der Waals surface area contributed by atoms with Gasteiger partial charge in [-0.25, -0.2) is 13.1 Å². The first-order valence-electron chi connectivity index (χ1n) is 10.2. The number of ether oxygens (including phenoxy) is 2. The van der Waals surface area contributed by atoms with Crippen molar-refractivity contribution in [2.75, 3.05) is 27.3 Å².